The van der Waals surface area contributed by atoms with Gasteiger partial charge in [0.05, 0.1) is 19.4 Å². The number of allylic oxidation sites excluding steroid dienone is 2. The second kappa shape index (κ2) is 9.75. The second-order valence-corrected chi connectivity index (χ2v) is 6.40. The van der Waals surface area contributed by atoms with E-state index in [1.807, 2.05) is 6.08 Å². The first-order valence-corrected chi connectivity index (χ1v) is 8.34. The van der Waals surface area contributed by atoms with Crippen molar-refractivity contribution in [3.63, 3.8) is 0 Å². The van der Waals surface area contributed by atoms with Gasteiger partial charge in [-0.2, -0.15) is 0 Å². The molecular weight excluding hydrogens is 319 g/mol. The van der Waals surface area contributed by atoms with Crippen LogP contribution in [-0.2, 0) is 13.6 Å². The summed E-state index contributed by atoms with van der Waals surface area (Å²) in [6, 6.07) is 0. The summed E-state index contributed by atoms with van der Waals surface area (Å²) in [6.45, 7) is 4.57. The average molecular weight is 341 g/mol. The lowest BCUT2D eigenvalue weighted by atomic mass is 10.3. The third-order valence-electron chi connectivity index (χ3n) is 1.93. The van der Waals surface area contributed by atoms with Crippen LogP contribution in [0.4, 0.5) is 0 Å². The molecule has 0 rings (SSSR count). The number of hydrogen-bond acceptors (Lipinski definition) is 5. The minimum Gasteiger partial charge on any atom is -0.393 e. The van der Waals surface area contributed by atoms with Crippen LogP contribution >= 0.6 is 23.5 Å². The van der Waals surface area contributed by atoms with E-state index in [1.54, 1.807) is 27.1 Å². The average Bonchev–Trinajstić information content (AvgIpc) is 2.28. The molecule has 7 heteroatoms. The number of halogens is 1. The maximum atomic E-state index is 12.3. The van der Waals surface area contributed by atoms with Crippen molar-refractivity contribution in [2.75, 3.05) is 33.0 Å². The van der Waals surface area contributed by atoms with Crippen molar-refractivity contribution in [1.82, 2.24) is 5.32 Å². The van der Waals surface area contributed by atoms with E-state index in [4.69, 9.17) is 14.8 Å². The van der Waals surface area contributed by atoms with Crippen LogP contribution in [0, 0.1) is 0 Å². The predicted molar refractivity (Wildman–Crippen MR) is 78.9 cm³/mol. The van der Waals surface area contributed by atoms with Gasteiger partial charge in [-0.3, -0.25) is 4.57 Å². The quantitative estimate of drug-likeness (QED) is 0.498. The van der Waals surface area contributed by atoms with E-state index in [9.17, 15) is 4.57 Å². The Kier molecular flexibility index (Phi) is 9.68. The molecule has 0 heterocycles. The van der Waals surface area contributed by atoms with Crippen molar-refractivity contribution in [1.29, 1.82) is 0 Å². The maximum absolute atomic E-state index is 12.3. The summed E-state index contributed by atoms with van der Waals surface area (Å²) < 4.78 is 23.6. The zero-order valence-electron chi connectivity index (χ0n) is 11.1. The molecule has 0 aromatic rings. The van der Waals surface area contributed by atoms with Crippen molar-refractivity contribution in [2.45, 2.75) is 13.8 Å². The molecule has 0 unspecified atom stereocenters. The SMILES string of the molecule is CCOP(=O)(C/C(=C/C(Br)=C\NC)CN)OCC. The van der Waals surface area contributed by atoms with Crippen LogP contribution in [0.3, 0.4) is 0 Å². The topological polar surface area (TPSA) is 73.6 Å². The van der Waals surface area contributed by atoms with Gasteiger partial charge in [0.15, 0.2) is 0 Å². The minimum absolute atomic E-state index is 0.206. The van der Waals surface area contributed by atoms with Gasteiger partial charge in [-0.1, -0.05) is 0 Å². The molecule has 0 aromatic carbocycles. The molecule has 0 aliphatic carbocycles. The molecule has 0 aliphatic rings. The largest absolute Gasteiger partial charge is 0.393 e. The molecule has 0 saturated carbocycles. The molecule has 0 aromatic heterocycles. The molecule has 3 N–H and O–H groups in total. The van der Waals surface area contributed by atoms with Crippen molar-refractivity contribution in [3.8, 4) is 0 Å². The van der Waals surface area contributed by atoms with Gasteiger partial charge in [0.1, 0.15) is 0 Å². The van der Waals surface area contributed by atoms with E-state index in [-0.39, 0.29) is 6.16 Å². The maximum Gasteiger partial charge on any atom is 0.334 e. The van der Waals surface area contributed by atoms with E-state index in [0.717, 1.165) is 10.1 Å². The molecular formula is C11H22BrN2O3P. The fourth-order valence-corrected chi connectivity index (χ4v) is 3.63. The number of nitrogens with two attached hydrogens (primary N) is 1. The standard InChI is InChI=1S/C11H22BrN2O3P/c1-4-16-18(15,17-5-2)9-10(7-13)6-11(12)8-14-3/h6,8,14H,4-5,7,9,13H2,1-3H3/b10-6+,11-8+. The third-order valence-corrected chi connectivity index (χ3v) is 4.49. The lowest BCUT2D eigenvalue weighted by Gasteiger charge is -2.18. The molecule has 0 spiro atoms. The van der Waals surface area contributed by atoms with Gasteiger partial charge < -0.3 is 20.1 Å². The van der Waals surface area contributed by atoms with E-state index >= 15 is 0 Å². The van der Waals surface area contributed by atoms with Crippen LogP contribution in [0.5, 0.6) is 0 Å². The highest BCUT2D eigenvalue weighted by molar-refractivity contribution is 9.11. The van der Waals surface area contributed by atoms with Crippen molar-refractivity contribution in [3.05, 3.63) is 22.3 Å². The van der Waals surface area contributed by atoms with Crippen LogP contribution < -0.4 is 11.1 Å². The Morgan fingerprint density at radius 1 is 1.39 bits per heavy atom. The summed E-state index contributed by atoms with van der Waals surface area (Å²) in [6.07, 6.45) is 3.79. The van der Waals surface area contributed by atoms with Gasteiger partial charge in [-0.15, -0.1) is 0 Å². The lowest BCUT2D eigenvalue weighted by Crippen LogP contribution is -2.10. The fraction of sp³-hybridized carbons (Fsp3) is 0.636. The normalized spacial score (nSPS) is 13.8. The highest BCUT2D eigenvalue weighted by Crippen LogP contribution is 2.49. The summed E-state index contributed by atoms with van der Waals surface area (Å²) in [5.41, 5.74) is 6.45. The molecule has 0 amide bonds. The minimum atomic E-state index is -3.08. The first-order chi connectivity index (χ1) is 8.51. The second-order valence-electron chi connectivity index (χ2n) is 3.43. The van der Waals surface area contributed by atoms with Gasteiger partial charge in [0, 0.05) is 24.3 Å². The van der Waals surface area contributed by atoms with Gasteiger partial charge in [-0.25, -0.2) is 0 Å². The van der Waals surface area contributed by atoms with Crippen LogP contribution in [0.2, 0.25) is 0 Å². The molecule has 0 radical (unpaired) electrons. The molecule has 0 aliphatic heterocycles. The molecule has 0 fully saturated rings. The highest BCUT2D eigenvalue weighted by Gasteiger charge is 2.24. The van der Waals surface area contributed by atoms with Crippen molar-refractivity contribution in [2.24, 2.45) is 5.73 Å². The molecule has 0 saturated heterocycles. The van der Waals surface area contributed by atoms with E-state index in [1.165, 1.54) is 0 Å². The van der Waals surface area contributed by atoms with Gasteiger partial charge in [-0.05, 0) is 41.4 Å². The molecule has 106 valence electrons. The zero-order chi connectivity index (χ0) is 14.0. The number of nitrogens with one attached hydrogen (secondary N) is 1. The Balaban J connectivity index is 4.87. The van der Waals surface area contributed by atoms with Gasteiger partial charge in [0.25, 0.3) is 0 Å². The predicted octanol–water partition coefficient (Wildman–Crippen LogP) is 2.59. The monoisotopic (exact) mass is 340 g/mol. The van der Waals surface area contributed by atoms with Gasteiger partial charge in [0.2, 0.25) is 0 Å². The summed E-state index contributed by atoms with van der Waals surface area (Å²) >= 11 is 3.36. The molecule has 0 atom stereocenters. The Morgan fingerprint density at radius 2 is 1.94 bits per heavy atom. The summed E-state index contributed by atoms with van der Waals surface area (Å²) in [5.74, 6) is 0. The highest BCUT2D eigenvalue weighted by atomic mass is 79.9. The number of rotatable bonds is 9. The Morgan fingerprint density at radius 3 is 2.33 bits per heavy atom. The number of hydrogen-bond donors (Lipinski definition) is 2. The summed E-state index contributed by atoms with van der Waals surface area (Å²) in [4.78, 5) is 0. The Bertz CT molecular complexity index is 335. The smallest absolute Gasteiger partial charge is 0.334 e. The lowest BCUT2D eigenvalue weighted by molar-refractivity contribution is 0.222. The first kappa shape index (κ1) is 17.9. The molecule has 0 bridgehead atoms. The van der Waals surface area contributed by atoms with Crippen LogP contribution in [0.15, 0.2) is 22.3 Å². The van der Waals surface area contributed by atoms with Crippen LogP contribution in [0.1, 0.15) is 13.8 Å². The summed E-state index contributed by atoms with van der Waals surface area (Å²) in [7, 11) is -1.29. The van der Waals surface area contributed by atoms with E-state index in [0.29, 0.717) is 19.8 Å². The van der Waals surface area contributed by atoms with Crippen LogP contribution in [-0.4, -0.2) is 33.0 Å². The van der Waals surface area contributed by atoms with Gasteiger partial charge >= 0.3 is 7.60 Å². The molecule has 18 heavy (non-hydrogen) atoms. The van der Waals surface area contributed by atoms with Crippen LogP contribution in [0.25, 0.3) is 0 Å². The van der Waals surface area contributed by atoms with E-state index in [2.05, 4.69) is 21.2 Å². The Labute approximate surface area is 117 Å². The van der Waals surface area contributed by atoms with E-state index < -0.39 is 7.60 Å². The fourth-order valence-electron chi connectivity index (χ4n) is 1.31. The zero-order valence-corrected chi connectivity index (χ0v) is 13.6. The van der Waals surface area contributed by atoms with Crippen molar-refractivity contribution < 1.29 is 13.6 Å². The van der Waals surface area contributed by atoms with Crippen molar-refractivity contribution >= 4 is 23.5 Å². The summed E-state index contributed by atoms with van der Waals surface area (Å²) in [5, 5.41) is 2.88. The first-order valence-electron chi connectivity index (χ1n) is 5.81. The Hall–Kier alpha value is -0.130. The third kappa shape index (κ3) is 7.34. The molecule has 5 nitrogen and oxygen atoms in total.